The summed E-state index contributed by atoms with van der Waals surface area (Å²) in [5, 5.41) is 16.0. The number of carboxylic acid groups (broad SMARTS) is 1. The summed E-state index contributed by atoms with van der Waals surface area (Å²) in [6.45, 7) is 3.66. The minimum atomic E-state index is -0.914. The summed E-state index contributed by atoms with van der Waals surface area (Å²) in [5.41, 5.74) is 1.40. The zero-order valence-electron chi connectivity index (χ0n) is 11.7. The number of carboxylic acids is 1. The Bertz CT molecular complexity index is 537. The molecule has 1 aromatic rings. The van der Waals surface area contributed by atoms with Gasteiger partial charge in [-0.05, 0) is 19.4 Å². The average molecular weight is 300 g/mol. The van der Waals surface area contributed by atoms with Crippen LogP contribution in [0.1, 0.15) is 24.6 Å². The van der Waals surface area contributed by atoms with E-state index < -0.39 is 11.9 Å². The second kappa shape index (κ2) is 7.09. The Kier molecular flexibility index (Phi) is 5.76. The van der Waals surface area contributed by atoms with Gasteiger partial charge in [0, 0.05) is 25.2 Å². The van der Waals surface area contributed by atoms with Crippen molar-refractivity contribution in [3.8, 4) is 0 Å². The Labute approximate surface area is 122 Å². The summed E-state index contributed by atoms with van der Waals surface area (Å²) in [5.74, 6) is -1.84. The highest BCUT2D eigenvalue weighted by Gasteiger charge is 2.15. The van der Waals surface area contributed by atoms with Crippen molar-refractivity contribution in [2.24, 2.45) is 13.0 Å². The van der Waals surface area contributed by atoms with Gasteiger partial charge in [0.15, 0.2) is 0 Å². The van der Waals surface area contributed by atoms with Gasteiger partial charge in [-0.15, -0.1) is 0 Å². The van der Waals surface area contributed by atoms with E-state index >= 15 is 0 Å². The summed E-state index contributed by atoms with van der Waals surface area (Å²) in [4.78, 5) is 22.4. The zero-order valence-corrected chi connectivity index (χ0v) is 12.4. The zero-order chi connectivity index (χ0) is 15.3. The normalized spacial score (nSPS) is 12.6. The Hall–Kier alpha value is -1.82. The van der Waals surface area contributed by atoms with Gasteiger partial charge in [-0.25, -0.2) is 0 Å². The number of hydrogen-bond donors (Lipinski definition) is 2. The molecule has 0 fully saturated rings. The predicted octanol–water partition coefficient (Wildman–Crippen LogP) is 1.62. The number of hydrogen-bond acceptors (Lipinski definition) is 3. The van der Waals surface area contributed by atoms with Crippen molar-refractivity contribution in [3.05, 3.63) is 22.5 Å². The minimum Gasteiger partial charge on any atom is -0.481 e. The van der Waals surface area contributed by atoms with Gasteiger partial charge in [0.05, 0.1) is 11.6 Å². The summed E-state index contributed by atoms with van der Waals surface area (Å²) >= 11 is 6.03. The van der Waals surface area contributed by atoms with Crippen molar-refractivity contribution in [1.82, 2.24) is 15.1 Å². The molecule has 1 rings (SSSR count). The van der Waals surface area contributed by atoms with E-state index in [1.165, 1.54) is 10.8 Å². The van der Waals surface area contributed by atoms with Gasteiger partial charge >= 0.3 is 5.97 Å². The first-order valence-electron chi connectivity index (χ1n) is 6.24. The molecule has 1 atom stereocenters. The maximum absolute atomic E-state index is 11.6. The van der Waals surface area contributed by atoms with E-state index in [4.69, 9.17) is 16.7 Å². The van der Waals surface area contributed by atoms with Crippen molar-refractivity contribution in [1.29, 1.82) is 0 Å². The maximum atomic E-state index is 11.6. The molecule has 0 saturated heterocycles. The fraction of sp³-hybridized carbons (Fsp3) is 0.462. The summed E-state index contributed by atoms with van der Waals surface area (Å²) in [7, 11) is 1.71. The second-order valence-electron chi connectivity index (χ2n) is 4.44. The number of carbonyl (C=O) groups excluding carboxylic acids is 1. The van der Waals surface area contributed by atoms with Gasteiger partial charge in [-0.2, -0.15) is 5.10 Å². The molecule has 6 nitrogen and oxygen atoms in total. The van der Waals surface area contributed by atoms with Crippen LogP contribution in [-0.4, -0.2) is 33.3 Å². The second-order valence-corrected chi connectivity index (χ2v) is 4.79. The number of nitrogens with zero attached hydrogens (tertiary/aromatic N) is 2. The number of aromatic nitrogens is 2. The number of amides is 1. The van der Waals surface area contributed by atoms with Crippen molar-refractivity contribution in [3.63, 3.8) is 0 Å². The Morgan fingerprint density at radius 1 is 1.55 bits per heavy atom. The van der Waals surface area contributed by atoms with E-state index in [1.807, 2.05) is 0 Å². The molecule has 0 spiro atoms. The molecule has 0 aliphatic rings. The van der Waals surface area contributed by atoms with E-state index in [0.717, 1.165) is 5.69 Å². The predicted molar refractivity (Wildman–Crippen MR) is 76.4 cm³/mol. The molecule has 0 saturated carbocycles. The Morgan fingerprint density at radius 3 is 2.65 bits per heavy atom. The van der Waals surface area contributed by atoms with E-state index in [1.54, 1.807) is 27.0 Å². The van der Waals surface area contributed by atoms with Crippen molar-refractivity contribution in [2.75, 3.05) is 6.54 Å². The first kappa shape index (κ1) is 16.2. The van der Waals surface area contributed by atoms with E-state index in [-0.39, 0.29) is 12.5 Å². The standard InChI is InChI=1S/C13H18ClN3O3/c1-4-9(13(19)20)7-15-11(18)6-5-10-8(2)16-17(3)12(10)14/h5-6,9H,4,7H2,1-3H3,(H,15,18)(H,19,20). The smallest absolute Gasteiger partial charge is 0.308 e. The molecule has 1 amide bonds. The summed E-state index contributed by atoms with van der Waals surface area (Å²) in [6, 6.07) is 0. The summed E-state index contributed by atoms with van der Waals surface area (Å²) < 4.78 is 1.52. The number of carbonyl (C=O) groups is 2. The van der Waals surface area contributed by atoms with Crippen LogP contribution < -0.4 is 5.32 Å². The molecule has 2 N–H and O–H groups in total. The van der Waals surface area contributed by atoms with E-state index in [9.17, 15) is 9.59 Å². The van der Waals surface area contributed by atoms with Crippen LogP contribution in [0.2, 0.25) is 5.15 Å². The third-order valence-corrected chi connectivity index (χ3v) is 3.41. The number of aliphatic carboxylic acids is 1. The van der Waals surface area contributed by atoms with Gasteiger partial charge in [0.2, 0.25) is 5.91 Å². The first-order chi connectivity index (χ1) is 9.36. The molecule has 0 aliphatic carbocycles. The van der Waals surface area contributed by atoms with Gasteiger partial charge in [-0.1, -0.05) is 18.5 Å². The highest BCUT2D eigenvalue weighted by Crippen LogP contribution is 2.19. The SMILES string of the molecule is CCC(CNC(=O)C=Cc1c(C)nn(C)c1Cl)C(=O)O. The number of aryl methyl sites for hydroxylation is 2. The van der Waals surface area contributed by atoms with Crippen molar-refractivity contribution >= 4 is 29.6 Å². The van der Waals surface area contributed by atoms with Crippen molar-refractivity contribution < 1.29 is 14.7 Å². The van der Waals surface area contributed by atoms with Crippen LogP contribution >= 0.6 is 11.6 Å². The molecule has 0 radical (unpaired) electrons. The lowest BCUT2D eigenvalue weighted by atomic mass is 10.1. The number of rotatable bonds is 6. The van der Waals surface area contributed by atoms with Gasteiger partial charge in [-0.3, -0.25) is 14.3 Å². The lowest BCUT2D eigenvalue weighted by Gasteiger charge is -2.09. The van der Waals surface area contributed by atoms with Gasteiger partial charge in [0.1, 0.15) is 5.15 Å². The molecule has 0 aliphatic heterocycles. The molecule has 0 aromatic carbocycles. The van der Waals surface area contributed by atoms with E-state index in [0.29, 0.717) is 17.1 Å². The average Bonchev–Trinajstić information content (AvgIpc) is 2.61. The highest BCUT2D eigenvalue weighted by atomic mass is 35.5. The molecular formula is C13H18ClN3O3. The molecule has 1 aromatic heterocycles. The Balaban J connectivity index is 2.62. The van der Waals surface area contributed by atoms with Gasteiger partial charge < -0.3 is 10.4 Å². The largest absolute Gasteiger partial charge is 0.481 e. The van der Waals surface area contributed by atoms with Crippen LogP contribution in [-0.2, 0) is 16.6 Å². The lowest BCUT2D eigenvalue weighted by Crippen LogP contribution is -2.31. The first-order valence-corrected chi connectivity index (χ1v) is 6.62. The quantitative estimate of drug-likeness (QED) is 0.782. The molecule has 0 bridgehead atoms. The number of halogens is 1. The molecule has 1 unspecified atom stereocenters. The Morgan fingerprint density at radius 2 is 2.20 bits per heavy atom. The van der Waals surface area contributed by atoms with Crippen LogP contribution in [0.3, 0.4) is 0 Å². The number of nitrogens with one attached hydrogen (secondary N) is 1. The van der Waals surface area contributed by atoms with Crippen LogP contribution in [0.4, 0.5) is 0 Å². The van der Waals surface area contributed by atoms with E-state index in [2.05, 4.69) is 10.4 Å². The van der Waals surface area contributed by atoms with Crippen molar-refractivity contribution in [2.45, 2.75) is 20.3 Å². The monoisotopic (exact) mass is 299 g/mol. The highest BCUT2D eigenvalue weighted by molar-refractivity contribution is 6.31. The van der Waals surface area contributed by atoms with Crippen LogP contribution in [0.25, 0.3) is 6.08 Å². The topological polar surface area (TPSA) is 84.2 Å². The fourth-order valence-electron chi connectivity index (χ4n) is 1.68. The fourth-order valence-corrected chi connectivity index (χ4v) is 1.92. The molecular weight excluding hydrogens is 282 g/mol. The summed E-state index contributed by atoms with van der Waals surface area (Å²) in [6.07, 6.45) is 3.36. The molecule has 20 heavy (non-hydrogen) atoms. The third kappa shape index (κ3) is 4.09. The molecule has 110 valence electrons. The minimum absolute atomic E-state index is 0.106. The van der Waals surface area contributed by atoms with Crippen LogP contribution in [0, 0.1) is 12.8 Å². The maximum Gasteiger partial charge on any atom is 0.308 e. The van der Waals surface area contributed by atoms with Crippen LogP contribution in [0.5, 0.6) is 0 Å². The third-order valence-electron chi connectivity index (χ3n) is 2.96. The molecule has 1 heterocycles. The molecule has 7 heteroatoms. The van der Waals surface area contributed by atoms with Gasteiger partial charge in [0.25, 0.3) is 0 Å². The lowest BCUT2D eigenvalue weighted by molar-refractivity contribution is -0.141. The van der Waals surface area contributed by atoms with Crippen LogP contribution in [0.15, 0.2) is 6.08 Å².